The number of hydrogen-bond donors (Lipinski definition) is 1. The van der Waals surface area contributed by atoms with Crippen LogP contribution in [0.2, 0.25) is 10.0 Å². The van der Waals surface area contributed by atoms with Crippen LogP contribution in [0.4, 0.5) is 0 Å². The van der Waals surface area contributed by atoms with Crippen molar-refractivity contribution in [1.82, 2.24) is 4.98 Å². The molecule has 114 valence electrons. The number of fused-ring (bicyclic) bond motifs is 3. The first kappa shape index (κ1) is 15.0. The number of hydrogen-bond acceptors (Lipinski definition) is 2. The van der Waals surface area contributed by atoms with Gasteiger partial charge in [-0.2, -0.15) is 0 Å². The SMILES string of the molecule is CCC(C)C1Oc2c([nH]c3c(Cl)cc(Cl)cc23)C(C)(C)O1. The Morgan fingerprint density at radius 2 is 2.05 bits per heavy atom. The van der Waals surface area contributed by atoms with Gasteiger partial charge in [0.2, 0.25) is 6.29 Å². The number of nitrogens with one attached hydrogen (secondary N) is 1. The Bertz CT molecular complexity index is 693. The lowest BCUT2D eigenvalue weighted by molar-refractivity contribution is -0.204. The minimum Gasteiger partial charge on any atom is -0.462 e. The Hall–Kier alpha value is -0.900. The van der Waals surface area contributed by atoms with Crippen LogP contribution in [0.3, 0.4) is 0 Å². The molecule has 1 N–H and O–H groups in total. The third-order valence-electron chi connectivity index (χ3n) is 4.13. The van der Waals surface area contributed by atoms with Gasteiger partial charge < -0.3 is 14.5 Å². The molecule has 2 unspecified atom stereocenters. The highest BCUT2D eigenvalue weighted by Gasteiger charge is 2.40. The highest BCUT2D eigenvalue weighted by atomic mass is 35.5. The fourth-order valence-electron chi connectivity index (χ4n) is 2.66. The molecule has 3 rings (SSSR count). The summed E-state index contributed by atoms with van der Waals surface area (Å²) in [7, 11) is 0. The fourth-order valence-corrected chi connectivity index (χ4v) is 3.20. The summed E-state index contributed by atoms with van der Waals surface area (Å²) in [6.45, 7) is 8.33. The lowest BCUT2D eigenvalue weighted by Gasteiger charge is -2.38. The van der Waals surface area contributed by atoms with E-state index in [9.17, 15) is 0 Å². The molecule has 0 spiro atoms. The summed E-state index contributed by atoms with van der Waals surface area (Å²) in [5, 5.41) is 2.10. The van der Waals surface area contributed by atoms with Gasteiger partial charge in [0.25, 0.3) is 0 Å². The molecule has 0 saturated heterocycles. The smallest absolute Gasteiger partial charge is 0.203 e. The van der Waals surface area contributed by atoms with E-state index >= 15 is 0 Å². The van der Waals surface area contributed by atoms with Gasteiger partial charge in [0.05, 0.1) is 16.2 Å². The molecule has 1 aliphatic heterocycles. The van der Waals surface area contributed by atoms with Crippen molar-refractivity contribution in [3.63, 3.8) is 0 Å². The Kier molecular flexibility index (Phi) is 3.63. The normalized spacial score (nSPS) is 21.9. The van der Waals surface area contributed by atoms with Crippen molar-refractivity contribution in [1.29, 1.82) is 0 Å². The van der Waals surface area contributed by atoms with Gasteiger partial charge in [-0.1, -0.05) is 37.0 Å². The molecule has 2 heterocycles. The van der Waals surface area contributed by atoms with Crippen molar-refractivity contribution < 1.29 is 9.47 Å². The van der Waals surface area contributed by atoms with Crippen molar-refractivity contribution in [2.75, 3.05) is 0 Å². The third kappa shape index (κ3) is 2.41. The minimum atomic E-state index is -0.462. The molecule has 0 aliphatic carbocycles. The summed E-state index contributed by atoms with van der Waals surface area (Å²) in [6.07, 6.45) is 0.717. The lowest BCUT2D eigenvalue weighted by atomic mass is 10.0. The second-order valence-corrected chi connectivity index (χ2v) is 6.98. The first-order valence-corrected chi connectivity index (χ1v) is 7.94. The van der Waals surface area contributed by atoms with Crippen LogP contribution in [0, 0.1) is 5.92 Å². The molecule has 5 heteroatoms. The maximum atomic E-state index is 6.29. The highest BCUT2D eigenvalue weighted by molar-refractivity contribution is 6.38. The van der Waals surface area contributed by atoms with Gasteiger partial charge in [0.15, 0.2) is 5.75 Å². The van der Waals surface area contributed by atoms with Crippen molar-refractivity contribution in [3.05, 3.63) is 27.9 Å². The topological polar surface area (TPSA) is 34.2 Å². The van der Waals surface area contributed by atoms with Crippen molar-refractivity contribution >= 4 is 34.1 Å². The van der Waals surface area contributed by atoms with E-state index in [1.165, 1.54) is 0 Å². The zero-order valence-electron chi connectivity index (χ0n) is 12.6. The average Bonchev–Trinajstić information content (AvgIpc) is 2.77. The monoisotopic (exact) mass is 327 g/mol. The zero-order chi connectivity index (χ0) is 15.4. The largest absolute Gasteiger partial charge is 0.462 e. The van der Waals surface area contributed by atoms with Crippen molar-refractivity contribution in [3.8, 4) is 5.75 Å². The number of ether oxygens (including phenoxy) is 2. The van der Waals surface area contributed by atoms with Gasteiger partial charge in [-0.05, 0) is 32.4 Å². The summed E-state index contributed by atoms with van der Waals surface area (Å²) >= 11 is 12.4. The molecule has 2 aromatic rings. The molecule has 21 heavy (non-hydrogen) atoms. The molecule has 0 fully saturated rings. The van der Waals surface area contributed by atoms with Crippen LogP contribution in [-0.4, -0.2) is 11.3 Å². The van der Waals surface area contributed by atoms with Crippen LogP contribution in [-0.2, 0) is 10.3 Å². The maximum absolute atomic E-state index is 6.29. The molecular weight excluding hydrogens is 309 g/mol. The first-order chi connectivity index (χ1) is 9.83. The van der Waals surface area contributed by atoms with Crippen LogP contribution in [0.5, 0.6) is 5.75 Å². The standard InChI is InChI=1S/C16H19Cl2NO2/c1-5-8(2)15-20-13-10-6-9(17)7-11(18)12(10)19-14(13)16(3,4)21-15/h6-8,15,19H,5H2,1-4H3. The minimum absolute atomic E-state index is 0.269. The molecule has 0 amide bonds. The molecule has 2 atom stereocenters. The van der Waals surface area contributed by atoms with Crippen LogP contribution in [0.15, 0.2) is 12.1 Å². The Labute approximate surface area is 134 Å². The average molecular weight is 328 g/mol. The summed E-state index contributed by atoms with van der Waals surface area (Å²) < 4.78 is 12.2. The molecule has 1 aromatic heterocycles. The Morgan fingerprint density at radius 3 is 2.71 bits per heavy atom. The third-order valence-corrected chi connectivity index (χ3v) is 4.65. The predicted octanol–water partition coefficient (Wildman–Crippen LogP) is 5.49. The van der Waals surface area contributed by atoms with Gasteiger partial charge in [0.1, 0.15) is 5.60 Å². The summed E-state index contributed by atoms with van der Waals surface area (Å²) in [4.78, 5) is 3.34. The van der Waals surface area contributed by atoms with Gasteiger partial charge >= 0.3 is 0 Å². The van der Waals surface area contributed by atoms with E-state index in [0.29, 0.717) is 16.0 Å². The number of H-pyrrole nitrogens is 1. The number of halogens is 2. The summed E-state index contributed by atoms with van der Waals surface area (Å²) in [5.74, 6) is 1.10. The van der Waals surface area contributed by atoms with E-state index in [-0.39, 0.29) is 6.29 Å². The van der Waals surface area contributed by atoms with Crippen molar-refractivity contribution in [2.45, 2.75) is 46.0 Å². The maximum Gasteiger partial charge on any atom is 0.203 e. The molecule has 0 radical (unpaired) electrons. The van der Waals surface area contributed by atoms with Gasteiger partial charge in [-0.3, -0.25) is 0 Å². The molecular formula is C16H19Cl2NO2. The molecule has 1 aromatic carbocycles. The molecule has 1 aliphatic rings. The quantitative estimate of drug-likeness (QED) is 0.791. The Morgan fingerprint density at radius 1 is 1.33 bits per heavy atom. The van der Waals surface area contributed by atoms with E-state index < -0.39 is 5.60 Å². The fraction of sp³-hybridized carbons (Fsp3) is 0.500. The van der Waals surface area contributed by atoms with E-state index in [1.807, 2.05) is 19.9 Å². The first-order valence-electron chi connectivity index (χ1n) is 7.19. The molecule has 3 nitrogen and oxygen atoms in total. The van der Waals surface area contributed by atoms with E-state index in [0.717, 1.165) is 28.8 Å². The lowest BCUT2D eigenvalue weighted by Crippen LogP contribution is -2.40. The second kappa shape index (κ2) is 5.08. The molecule has 0 saturated carbocycles. The highest BCUT2D eigenvalue weighted by Crippen LogP contribution is 2.46. The van der Waals surface area contributed by atoms with Crippen molar-refractivity contribution in [2.24, 2.45) is 5.92 Å². The summed E-state index contributed by atoms with van der Waals surface area (Å²) in [5.41, 5.74) is 1.28. The number of rotatable bonds is 2. The van der Waals surface area contributed by atoms with E-state index in [1.54, 1.807) is 6.07 Å². The zero-order valence-corrected chi connectivity index (χ0v) is 14.1. The number of benzene rings is 1. The van der Waals surface area contributed by atoms with Crippen LogP contribution >= 0.6 is 23.2 Å². The van der Waals surface area contributed by atoms with E-state index in [4.69, 9.17) is 32.7 Å². The predicted molar refractivity (Wildman–Crippen MR) is 86.3 cm³/mol. The van der Waals surface area contributed by atoms with Gasteiger partial charge in [-0.15, -0.1) is 0 Å². The summed E-state index contributed by atoms with van der Waals surface area (Å²) in [6, 6.07) is 3.61. The molecule has 0 bridgehead atoms. The number of aromatic amines is 1. The second-order valence-electron chi connectivity index (χ2n) is 6.14. The number of aromatic nitrogens is 1. The van der Waals surface area contributed by atoms with Crippen LogP contribution in [0.25, 0.3) is 10.9 Å². The van der Waals surface area contributed by atoms with Gasteiger partial charge in [0, 0.05) is 16.3 Å². The Balaban J connectivity index is 2.20. The van der Waals surface area contributed by atoms with Crippen LogP contribution < -0.4 is 4.74 Å². The van der Waals surface area contributed by atoms with E-state index in [2.05, 4.69) is 18.8 Å². The van der Waals surface area contributed by atoms with Gasteiger partial charge in [-0.25, -0.2) is 0 Å². The van der Waals surface area contributed by atoms with Crippen LogP contribution in [0.1, 0.15) is 39.8 Å².